The van der Waals surface area contributed by atoms with Crippen LogP contribution in [0.1, 0.15) is 20.8 Å². The highest BCUT2D eigenvalue weighted by molar-refractivity contribution is 7.12. The monoisotopic (exact) mass is 237 g/mol. The fourth-order valence-electron chi connectivity index (χ4n) is 1.29. The van der Waals surface area contributed by atoms with Crippen LogP contribution in [0.2, 0.25) is 5.02 Å². The lowest BCUT2D eigenvalue weighted by Crippen LogP contribution is -2.01. The zero-order valence-corrected chi connectivity index (χ0v) is 9.60. The van der Waals surface area contributed by atoms with Crippen LogP contribution in [0.4, 0.5) is 0 Å². The number of nitrogens with zero attached hydrogens (tertiary/aromatic N) is 1. The van der Waals surface area contributed by atoms with Gasteiger partial charge in [-0.25, -0.2) is 0 Å². The smallest absolute Gasteiger partial charge is 0.204 e. The second kappa shape index (κ2) is 4.13. The van der Waals surface area contributed by atoms with Crippen LogP contribution in [0, 0.1) is 6.92 Å². The first-order valence-electron chi connectivity index (χ1n) is 4.38. The quantitative estimate of drug-likeness (QED) is 0.750. The summed E-state index contributed by atoms with van der Waals surface area (Å²) in [6, 6.07) is 3.57. The average Bonchev–Trinajstić information content (AvgIpc) is 2.64. The number of aryl methyl sites for hydroxylation is 1. The summed E-state index contributed by atoms with van der Waals surface area (Å²) < 4.78 is 0. The molecule has 0 amide bonds. The van der Waals surface area contributed by atoms with E-state index in [1.54, 1.807) is 12.3 Å². The zero-order chi connectivity index (χ0) is 10.8. The van der Waals surface area contributed by atoms with Crippen molar-refractivity contribution in [2.45, 2.75) is 6.92 Å². The molecule has 2 heterocycles. The highest BCUT2D eigenvalue weighted by Crippen LogP contribution is 2.23. The van der Waals surface area contributed by atoms with E-state index < -0.39 is 0 Å². The maximum absolute atomic E-state index is 12.0. The van der Waals surface area contributed by atoms with Gasteiger partial charge in [0, 0.05) is 18.0 Å². The maximum atomic E-state index is 12.0. The molecule has 0 aliphatic carbocycles. The van der Waals surface area contributed by atoms with Gasteiger partial charge in [0.15, 0.2) is 0 Å². The van der Waals surface area contributed by atoms with Crippen LogP contribution in [0.15, 0.2) is 29.9 Å². The Hall–Kier alpha value is -1.19. The minimum atomic E-state index is -0.0325. The van der Waals surface area contributed by atoms with Crippen molar-refractivity contribution >= 4 is 28.7 Å². The van der Waals surface area contributed by atoms with Crippen molar-refractivity contribution in [3.05, 3.63) is 50.9 Å². The summed E-state index contributed by atoms with van der Waals surface area (Å²) >= 11 is 7.34. The SMILES string of the molecule is Cc1ccsc1C(=O)c1ccncc1Cl. The molecule has 2 aromatic rings. The molecule has 0 saturated carbocycles. The topological polar surface area (TPSA) is 30.0 Å². The van der Waals surface area contributed by atoms with Gasteiger partial charge < -0.3 is 0 Å². The van der Waals surface area contributed by atoms with E-state index >= 15 is 0 Å². The number of thiophene rings is 1. The van der Waals surface area contributed by atoms with Crippen molar-refractivity contribution in [2.75, 3.05) is 0 Å². The summed E-state index contributed by atoms with van der Waals surface area (Å²) in [5.41, 5.74) is 1.50. The second-order valence-electron chi connectivity index (χ2n) is 3.12. The summed E-state index contributed by atoms with van der Waals surface area (Å²) in [6.07, 6.45) is 3.06. The molecule has 0 radical (unpaired) electrons. The Morgan fingerprint density at radius 1 is 1.47 bits per heavy atom. The van der Waals surface area contributed by atoms with Gasteiger partial charge in [-0.05, 0) is 30.0 Å². The Labute approximate surface area is 96.5 Å². The molecule has 4 heteroatoms. The van der Waals surface area contributed by atoms with Crippen LogP contribution in [0.3, 0.4) is 0 Å². The van der Waals surface area contributed by atoms with Gasteiger partial charge in [0.2, 0.25) is 5.78 Å². The lowest BCUT2D eigenvalue weighted by molar-refractivity contribution is 0.104. The van der Waals surface area contributed by atoms with Crippen LogP contribution in [-0.4, -0.2) is 10.8 Å². The fourth-order valence-corrected chi connectivity index (χ4v) is 2.37. The molecule has 0 N–H and O–H groups in total. The molecular weight excluding hydrogens is 230 g/mol. The van der Waals surface area contributed by atoms with Crippen LogP contribution < -0.4 is 0 Å². The lowest BCUT2D eigenvalue weighted by atomic mass is 10.1. The normalized spacial score (nSPS) is 10.3. The molecule has 0 bridgehead atoms. The lowest BCUT2D eigenvalue weighted by Gasteiger charge is -2.01. The maximum Gasteiger partial charge on any atom is 0.204 e. The predicted octanol–water partition coefficient (Wildman–Crippen LogP) is 3.34. The number of hydrogen-bond acceptors (Lipinski definition) is 3. The molecular formula is C11H8ClNOS. The molecule has 0 aromatic carbocycles. The largest absolute Gasteiger partial charge is 0.288 e. The van der Waals surface area contributed by atoms with Crippen molar-refractivity contribution < 1.29 is 4.79 Å². The number of rotatable bonds is 2. The van der Waals surface area contributed by atoms with E-state index in [1.807, 2.05) is 18.4 Å². The number of aromatic nitrogens is 1. The molecule has 0 atom stereocenters. The van der Waals surface area contributed by atoms with Crippen LogP contribution in [0.5, 0.6) is 0 Å². The molecule has 0 unspecified atom stereocenters. The van der Waals surface area contributed by atoms with Crippen molar-refractivity contribution in [1.29, 1.82) is 0 Å². The number of pyridine rings is 1. The van der Waals surface area contributed by atoms with Crippen molar-refractivity contribution in [1.82, 2.24) is 4.98 Å². The Kier molecular flexibility index (Phi) is 2.84. The average molecular weight is 238 g/mol. The molecule has 0 aliphatic heterocycles. The van der Waals surface area contributed by atoms with Gasteiger partial charge >= 0.3 is 0 Å². The fraction of sp³-hybridized carbons (Fsp3) is 0.0909. The highest BCUT2D eigenvalue weighted by Gasteiger charge is 2.15. The minimum Gasteiger partial charge on any atom is -0.288 e. The van der Waals surface area contributed by atoms with Crippen LogP contribution in [-0.2, 0) is 0 Å². The highest BCUT2D eigenvalue weighted by atomic mass is 35.5. The van der Waals surface area contributed by atoms with E-state index in [0.29, 0.717) is 10.6 Å². The predicted molar refractivity (Wildman–Crippen MR) is 61.7 cm³/mol. The Morgan fingerprint density at radius 2 is 2.27 bits per heavy atom. The van der Waals surface area contributed by atoms with E-state index in [-0.39, 0.29) is 5.78 Å². The molecule has 15 heavy (non-hydrogen) atoms. The first-order chi connectivity index (χ1) is 7.20. The molecule has 2 nitrogen and oxygen atoms in total. The van der Waals surface area contributed by atoms with E-state index in [0.717, 1.165) is 10.4 Å². The first-order valence-corrected chi connectivity index (χ1v) is 5.64. The molecule has 0 saturated heterocycles. The molecule has 0 aliphatic rings. The van der Waals surface area contributed by atoms with Gasteiger partial charge in [-0.1, -0.05) is 11.6 Å². The number of ketones is 1. The third kappa shape index (κ3) is 1.94. The van der Waals surface area contributed by atoms with Gasteiger partial charge in [-0.3, -0.25) is 9.78 Å². The van der Waals surface area contributed by atoms with E-state index in [2.05, 4.69) is 4.98 Å². The number of halogens is 1. The third-order valence-electron chi connectivity index (χ3n) is 2.09. The van der Waals surface area contributed by atoms with Gasteiger partial charge in [0.25, 0.3) is 0 Å². The van der Waals surface area contributed by atoms with Crippen molar-refractivity contribution in [3.63, 3.8) is 0 Å². The third-order valence-corrected chi connectivity index (χ3v) is 3.40. The summed E-state index contributed by atoms with van der Waals surface area (Å²) in [5.74, 6) is -0.0325. The van der Waals surface area contributed by atoms with Gasteiger partial charge in [0.05, 0.1) is 9.90 Å². The van der Waals surface area contributed by atoms with E-state index in [1.165, 1.54) is 17.5 Å². The van der Waals surface area contributed by atoms with Crippen molar-refractivity contribution in [2.24, 2.45) is 0 Å². The Morgan fingerprint density at radius 3 is 2.87 bits per heavy atom. The van der Waals surface area contributed by atoms with Crippen molar-refractivity contribution in [3.8, 4) is 0 Å². The summed E-state index contributed by atoms with van der Waals surface area (Å²) in [6.45, 7) is 1.92. The standard InChI is InChI=1S/C11H8ClNOS/c1-7-3-5-15-11(7)10(14)8-2-4-13-6-9(8)12/h2-6H,1H3. The minimum absolute atomic E-state index is 0.0325. The summed E-state index contributed by atoms with van der Waals surface area (Å²) in [7, 11) is 0. The Bertz CT molecular complexity index is 507. The number of hydrogen-bond donors (Lipinski definition) is 0. The van der Waals surface area contributed by atoms with Crippen LogP contribution >= 0.6 is 22.9 Å². The molecule has 0 spiro atoms. The molecule has 0 fully saturated rings. The van der Waals surface area contributed by atoms with Gasteiger partial charge in [0.1, 0.15) is 0 Å². The van der Waals surface area contributed by atoms with Gasteiger partial charge in [-0.15, -0.1) is 11.3 Å². The molecule has 2 rings (SSSR count). The molecule has 76 valence electrons. The number of carbonyl (C=O) groups excluding carboxylic acids is 1. The summed E-state index contributed by atoms with van der Waals surface area (Å²) in [5, 5.41) is 2.30. The Balaban J connectivity index is 2.46. The van der Waals surface area contributed by atoms with Crippen LogP contribution in [0.25, 0.3) is 0 Å². The molecule has 2 aromatic heterocycles. The first kappa shape index (κ1) is 10.3. The summed E-state index contributed by atoms with van der Waals surface area (Å²) in [4.78, 5) is 16.6. The van der Waals surface area contributed by atoms with E-state index in [4.69, 9.17) is 11.6 Å². The van der Waals surface area contributed by atoms with E-state index in [9.17, 15) is 4.79 Å². The number of carbonyl (C=O) groups is 1. The van der Waals surface area contributed by atoms with Gasteiger partial charge in [-0.2, -0.15) is 0 Å². The second-order valence-corrected chi connectivity index (χ2v) is 4.44. The zero-order valence-electron chi connectivity index (χ0n) is 8.03.